The number of piperidine rings is 1. The number of carbonyl (C=O) groups excluding carboxylic acids is 1. The van der Waals surface area contributed by atoms with Crippen molar-refractivity contribution in [1.82, 2.24) is 24.6 Å². The van der Waals surface area contributed by atoms with Crippen LogP contribution in [0.4, 0.5) is 18.0 Å². The molecule has 1 N–H and O–H groups in total. The third kappa shape index (κ3) is 7.05. The van der Waals surface area contributed by atoms with Gasteiger partial charge in [-0.25, -0.2) is 19.3 Å². The third-order valence-electron chi connectivity index (χ3n) is 8.98. The van der Waals surface area contributed by atoms with Gasteiger partial charge in [0, 0.05) is 26.2 Å². The molecule has 5 rings (SSSR count). The Balaban J connectivity index is 1.30. The SMILES string of the molecule is CCN(CC)C(=O)N1CCC(c2ccc(OCC3=C(c4cccc(-n5ncc(C(=O)O)c5C(F)(F)F)n4)CCCC3)c(C)c2)CC1. The summed E-state index contributed by atoms with van der Waals surface area (Å²) >= 11 is 0. The number of nitrogens with zero attached hydrogens (tertiary/aromatic N) is 5. The van der Waals surface area contributed by atoms with Crippen LogP contribution in [0.2, 0.25) is 0 Å². The number of carboxylic acids is 1. The summed E-state index contributed by atoms with van der Waals surface area (Å²) in [6, 6.07) is 11.1. The lowest BCUT2D eigenvalue weighted by atomic mass is 9.88. The number of aryl methyl sites for hydroxylation is 1. The van der Waals surface area contributed by atoms with Crippen molar-refractivity contribution in [1.29, 1.82) is 0 Å². The number of carbonyl (C=O) groups is 2. The minimum atomic E-state index is -4.93. The zero-order chi connectivity index (χ0) is 33.0. The molecule has 3 heterocycles. The number of halogens is 3. The number of aromatic nitrogens is 3. The number of rotatable bonds is 9. The fourth-order valence-electron chi connectivity index (χ4n) is 6.45. The number of alkyl halides is 3. The molecule has 0 bridgehead atoms. The van der Waals surface area contributed by atoms with Gasteiger partial charge in [-0.2, -0.15) is 18.3 Å². The zero-order valence-corrected chi connectivity index (χ0v) is 26.4. The highest BCUT2D eigenvalue weighted by molar-refractivity contribution is 5.89. The minimum absolute atomic E-state index is 0.106. The minimum Gasteiger partial charge on any atom is -0.489 e. The second-order valence-corrected chi connectivity index (χ2v) is 11.8. The summed E-state index contributed by atoms with van der Waals surface area (Å²) in [5, 5.41) is 13.0. The number of hydrogen-bond acceptors (Lipinski definition) is 5. The maximum Gasteiger partial charge on any atom is 0.434 e. The van der Waals surface area contributed by atoms with Crippen molar-refractivity contribution in [2.45, 2.75) is 71.4 Å². The van der Waals surface area contributed by atoms with Crippen LogP contribution in [0.15, 0.2) is 48.2 Å². The van der Waals surface area contributed by atoms with Gasteiger partial charge in [0.1, 0.15) is 17.9 Å². The molecule has 12 heteroatoms. The monoisotopic (exact) mass is 639 g/mol. The number of carboxylic acid groups (broad SMARTS) is 1. The molecular formula is C34H40F3N5O4. The van der Waals surface area contributed by atoms with Crippen molar-refractivity contribution in [3.63, 3.8) is 0 Å². The van der Waals surface area contributed by atoms with E-state index in [9.17, 15) is 27.9 Å². The summed E-state index contributed by atoms with van der Waals surface area (Å²) in [6.45, 7) is 9.24. The van der Waals surface area contributed by atoms with E-state index >= 15 is 0 Å². The topological polar surface area (TPSA) is 101 Å². The highest BCUT2D eigenvalue weighted by Crippen LogP contribution is 2.36. The highest BCUT2D eigenvalue weighted by Gasteiger charge is 2.41. The molecular weight excluding hydrogens is 599 g/mol. The van der Waals surface area contributed by atoms with Crippen molar-refractivity contribution in [2.75, 3.05) is 32.8 Å². The van der Waals surface area contributed by atoms with Gasteiger partial charge in [0.15, 0.2) is 11.5 Å². The second-order valence-electron chi connectivity index (χ2n) is 11.8. The molecule has 1 saturated heterocycles. The molecule has 9 nitrogen and oxygen atoms in total. The van der Waals surface area contributed by atoms with Gasteiger partial charge in [-0.3, -0.25) is 0 Å². The first-order chi connectivity index (χ1) is 22.0. The van der Waals surface area contributed by atoms with Crippen LogP contribution in [0.1, 0.15) is 91.2 Å². The molecule has 0 unspecified atom stereocenters. The van der Waals surface area contributed by atoms with Gasteiger partial charge in [0.05, 0.1) is 11.9 Å². The first-order valence-electron chi connectivity index (χ1n) is 15.9. The van der Waals surface area contributed by atoms with Crippen LogP contribution in [0.5, 0.6) is 5.75 Å². The van der Waals surface area contributed by atoms with Gasteiger partial charge in [0.2, 0.25) is 0 Å². The summed E-state index contributed by atoms with van der Waals surface area (Å²) in [4.78, 5) is 32.5. The highest BCUT2D eigenvalue weighted by atomic mass is 19.4. The summed E-state index contributed by atoms with van der Waals surface area (Å²) in [5.41, 5.74) is 2.44. The van der Waals surface area contributed by atoms with Gasteiger partial charge in [0.25, 0.3) is 0 Å². The van der Waals surface area contributed by atoms with Crippen molar-refractivity contribution < 1.29 is 32.6 Å². The van der Waals surface area contributed by atoms with E-state index in [1.54, 1.807) is 12.1 Å². The Morgan fingerprint density at radius 2 is 1.78 bits per heavy atom. The Labute approximate surface area is 266 Å². The van der Waals surface area contributed by atoms with E-state index in [1.165, 1.54) is 11.6 Å². The Morgan fingerprint density at radius 1 is 1.07 bits per heavy atom. The zero-order valence-electron chi connectivity index (χ0n) is 26.4. The fourth-order valence-corrected chi connectivity index (χ4v) is 6.45. The van der Waals surface area contributed by atoms with Gasteiger partial charge in [-0.05, 0) is 106 Å². The van der Waals surface area contributed by atoms with E-state index in [0.717, 1.165) is 67.7 Å². The predicted molar refractivity (Wildman–Crippen MR) is 167 cm³/mol. The Bertz CT molecular complexity index is 1600. The van der Waals surface area contributed by atoms with Crippen LogP contribution in [-0.4, -0.2) is 74.5 Å². The van der Waals surface area contributed by atoms with Crippen LogP contribution in [0.25, 0.3) is 11.4 Å². The maximum absolute atomic E-state index is 13.8. The molecule has 1 aliphatic carbocycles. The van der Waals surface area contributed by atoms with Crippen molar-refractivity contribution in [3.05, 3.63) is 76.2 Å². The number of benzene rings is 1. The fraction of sp³-hybridized carbons (Fsp3) is 0.471. The molecule has 2 amide bonds. The number of aromatic carboxylic acids is 1. The van der Waals surface area contributed by atoms with Crippen LogP contribution in [0, 0.1) is 6.92 Å². The maximum atomic E-state index is 13.8. The second kappa shape index (κ2) is 14.0. The van der Waals surface area contributed by atoms with Gasteiger partial charge in [-0.1, -0.05) is 18.2 Å². The van der Waals surface area contributed by atoms with E-state index in [0.29, 0.717) is 48.6 Å². The molecule has 2 aliphatic rings. The molecule has 246 valence electrons. The van der Waals surface area contributed by atoms with E-state index in [2.05, 4.69) is 22.2 Å². The molecule has 0 atom stereocenters. The lowest BCUT2D eigenvalue weighted by Gasteiger charge is -2.35. The Morgan fingerprint density at radius 3 is 2.43 bits per heavy atom. The third-order valence-corrected chi connectivity index (χ3v) is 8.98. The van der Waals surface area contributed by atoms with Gasteiger partial charge < -0.3 is 19.6 Å². The van der Waals surface area contributed by atoms with Crippen molar-refractivity contribution >= 4 is 17.6 Å². The normalized spacial score (nSPS) is 16.1. The molecule has 1 fully saturated rings. The standard InChI is InChI=1S/C34H40F3N5O4/c1-4-40(5-2)33(45)41-17-15-23(16-18-41)24-13-14-29(22(3)19-24)46-21-25-9-6-7-10-26(25)28-11-8-12-30(39-28)42-31(34(35,36)37)27(20-38-42)32(43)44/h8,11-14,19-20,23H,4-7,9-10,15-18,21H2,1-3H3,(H,43,44). The first-order valence-corrected chi connectivity index (χ1v) is 15.9. The first kappa shape index (κ1) is 33.0. The number of hydrogen-bond donors (Lipinski definition) is 1. The lowest BCUT2D eigenvalue weighted by molar-refractivity contribution is -0.143. The summed E-state index contributed by atoms with van der Waals surface area (Å²) in [7, 11) is 0. The average Bonchev–Trinajstić information content (AvgIpc) is 3.52. The number of amides is 2. The Kier molecular flexibility index (Phi) is 10.0. The number of likely N-dealkylation sites (tertiary alicyclic amines) is 1. The molecule has 46 heavy (non-hydrogen) atoms. The molecule has 1 aromatic carbocycles. The molecule has 0 radical (unpaired) electrons. The number of allylic oxidation sites excluding steroid dienone is 1. The van der Waals surface area contributed by atoms with Gasteiger partial charge >= 0.3 is 18.2 Å². The van der Waals surface area contributed by atoms with Gasteiger partial charge in [-0.15, -0.1) is 0 Å². The van der Waals surface area contributed by atoms with E-state index < -0.39 is 23.4 Å². The molecule has 3 aromatic rings. The van der Waals surface area contributed by atoms with E-state index in [1.807, 2.05) is 36.6 Å². The van der Waals surface area contributed by atoms with Crippen LogP contribution in [0.3, 0.4) is 0 Å². The van der Waals surface area contributed by atoms with Crippen molar-refractivity contribution in [2.24, 2.45) is 0 Å². The van der Waals surface area contributed by atoms with E-state index in [-0.39, 0.29) is 11.8 Å². The smallest absolute Gasteiger partial charge is 0.434 e. The summed E-state index contributed by atoms with van der Waals surface area (Å²) in [6.07, 6.45) is 0.954. The molecule has 0 spiro atoms. The molecule has 2 aromatic heterocycles. The lowest BCUT2D eigenvalue weighted by Crippen LogP contribution is -2.46. The molecule has 0 saturated carbocycles. The summed E-state index contributed by atoms with van der Waals surface area (Å²) in [5.74, 6) is -0.672. The number of urea groups is 1. The summed E-state index contributed by atoms with van der Waals surface area (Å²) < 4.78 is 48.3. The largest absolute Gasteiger partial charge is 0.489 e. The van der Waals surface area contributed by atoms with Crippen LogP contribution < -0.4 is 4.74 Å². The average molecular weight is 640 g/mol. The van der Waals surface area contributed by atoms with Crippen LogP contribution >= 0.6 is 0 Å². The number of pyridine rings is 1. The molecule has 1 aliphatic heterocycles. The Hall–Kier alpha value is -4.35. The van der Waals surface area contributed by atoms with Crippen molar-refractivity contribution in [3.8, 4) is 11.6 Å². The number of ether oxygens (including phenoxy) is 1. The van der Waals surface area contributed by atoms with Crippen LogP contribution in [-0.2, 0) is 6.18 Å². The predicted octanol–water partition coefficient (Wildman–Crippen LogP) is 7.34. The van der Waals surface area contributed by atoms with E-state index in [4.69, 9.17) is 4.74 Å². The quantitative estimate of drug-likeness (QED) is 0.263.